The molecule has 3 atom stereocenters. The Kier molecular flexibility index (Phi) is 4.04. The van der Waals surface area contributed by atoms with Crippen molar-refractivity contribution in [3.05, 3.63) is 48.0 Å². The quantitative estimate of drug-likeness (QED) is 0.918. The predicted molar refractivity (Wildman–Crippen MR) is 84.0 cm³/mol. The highest BCUT2D eigenvalue weighted by molar-refractivity contribution is 5.85. The van der Waals surface area contributed by atoms with Crippen LogP contribution in [0.3, 0.4) is 0 Å². The van der Waals surface area contributed by atoms with Gasteiger partial charge in [0.05, 0.1) is 6.10 Å². The van der Waals surface area contributed by atoms with Crippen molar-refractivity contribution in [3.8, 4) is 0 Å². The molecule has 1 fully saturated rings. The zero-order valence-electron chi connectivity index (χ0n) is 12.3. The van der Waals surface area contributed by atoms with E-state index < -0.39 is 0 Å². The van der Waals surface area contributed by atoms with Crippen LogP contribution in [0.5, 0.6) is 0 Å². The molecule has 3 unspecified atom stereocenters. The first kappa shape index (κ1) is 13.6. The molecular weight excluding hydrogens is 246 g/mol. The average molecular weight is 269 g/mol. The van der Waals surface area contributed by atoms with E-state index in [1.807, 2.05) is 7.05 Å². The molecule has 0 radical (unpaired) electrons. The number of fused-ring (bicyclic) bond motifs is 1. The first-order valence-corrected chi connectivity index (χ1v) is 7.55. The Morgan fingerprint density at radius 1 is 1.20 bits per heavy atom. The second-order valence-corrected chi connectivity index (χ2v) is 5.84. The highest BCUT2D eigenvalue weighted by Crippen LogP contribution is 2.26. The molecule has 20 heavy (non-hydrogen) atoms. The second kappa shape index (κ2) is 5.94. The fraction of sp³-hybridized carbons (Fsp3) is 0.444. The first-order chi connectivity index (χ1) is 9.79. The van der Waals surface area contributed by atoms with E-state index in [1.54, 1.807) is 0 Å². The van der Waals surface area contributed by atoms with Gasteiger partial charge in [-0.2, -0.15) is 0 Å². The van der Waals surface area contributed by atoms with Crippen molar-refractivity contribution in [2.75, 3.05) is 13.7 Å². The van der Waals surface area contributed by atoms with Crippen LogP contribution >= 0.6 is 0 Å². The average Bonchev–Trinajstić information content (AvgIpc) is 2.91. The number of rotatable bonds is 4. The summed E-state index contributed by atoms with van der Waals surface area (Å²) in [6.07, 6.45) is 2.53. The lowest BCUT2D eigenvalue weighted by Gasteiger charge is -2.26. The number of ether oxygens (including phenoxy) is 1. The Morgan fingerprint density at radius 2 is 2.00 bits per heavy atom. The molecule has 2 nitrogen and oxygen atoms in total. The molecule has 0 aliphatic carbocycles. The van der Waals surface area contributed by atoms with Crippen molar-refractivity contribution in [2.45, 2.75) is 31.9 Å². The van der Waals surface area contributed by atoms with Crippen LogP contribution in [-0.2, 0) is 11.2 Å². The van der Waals surface area contributed by atoms with Crippen molar-refractivity contribution >= 4 is 10.8 Å². The number of nitrogens with one attached hydrogen (secondary N) is 1. The van der Waals surface area contributed by atoms with Gasteiger partial charge in [0.2, 0.25) is 0 Å². The van der Waals surface area contributed by atoms with Crippen LogP contribution in [0.2, 0.25) is 0 Å². The van der Waals surface area contributed by atoms with Gasteiger partial charge < -0.3 is 10.1 Å². The highest BCUT2D eigenvalue weighted by atomic mass is 16.5. The topological polar surface area (TPSA) is 21.3 Å². The molecule has 0 bridgehead atoms. The lowest BCUT2D eigenvalue weighted by Crippen LogP contribution is -2.41. The molecule has 1 saturated heterocycles. The van der Waals surface area contributed by atoms with Crippen molar-refractivity contribution in [1.29, 1.82) is 0 Å². The zero-order chi connectivity index (χ0) is 13.9. The SMILES string of the molecule is CNC(Cc1cccc2ccccc12)C1OCCC1C. The van der Waals surface area contributed by atoms with Crippen molar-refractivity contribution in [3.63, 3.8) is 0 Å². The fourth-order valence-electron chi connectivity index (χ4n) is 3.32. The molecule has 1 N–H and O–H groups in total. The molecular formula is C18H23NO. The van der Waals surface area contributed by atoms with Crippen LogP contribution in [0.15, 0.2) is 42.5 Å². The van der Waals surface area contributed by atoms with Crippen molar-refractivity contribution < 1.29 is 4.74 Å². The number of hydrogen-bond acceptors (Lipinski definition) is 2. The largest absolute Gasteiger partial charge is 0.376 e. The Labute approximate surface area is 121 Å². The van der Waals surface area contributed by atoms with E-state index >= 15 is 0 Å². The fourth-order valence-corrected chi connectivity index (χ4v) is 3.32. The molecule has 2 aromatic rings. The molecule has 3 rings (SSSR count). The Balaban J connectivity index is 1.87. The summed E-state index contributed by atoms with van der Waals surface area (Å²) in [5.74, 6) is 0.641. The minimum absolute atomic E-state index is 0.332. The summed E-state index contributed by atoms with van der Waals surface area (Å²) in [6.45, 7) is 3.20. The van der Waals surface area contributed by atoms with Crippen LogP contribution < -0.4 is 5.32 Å². The van der Waals surface area contributed by atoms with Crippen LogP contribution in [0.25, 0.3) is 10.8 Å². The lowest BCUT2D eigenvalue weighted by atomic mass is 9.91. The standard InChI is InChI=1S/C18H23NO/c1-13-10-11-20-18(13)17(19-2)12-15-8-5-7-14-6-3-4-9-16(14)15/h3-9,13,17-19H,10-12H2,1-2H3. The molecule has 1 aliphatic heterocycles. The van der Waals surface area contributed by atoms with Crippen LogP contribution in [0, 0.1) is 5.92 Å². The normalized spacial score (nSPS) is 24.1. The van der Waals surface area contributed by atoms with Gasteiger partial charge in [0, 0.05) is 12.6 Å². The van der Waals surface area contributed by atoms with Gasteiger partial charge in [0.25, 0.3) is 0 Å². The van der Waals surface area contributed by atoms with E-state index in [-0.39, 0.29) is 0 Å². The smallest absolute Gasteiger partial charge is 0.0757 e. The maximum absolute atomic E-state index is 5.94. The van der Waals surface area contributed by atoms with E-state index in [2.05, 4.69) is 54.7 Å². The lowest BCUT2D eigenvalue weighted by molar-refractivity contribution is 0.0635. The summed E-state index contributed by atoms with van der Waals surface area (Å²) in [4.78, 5) is 0. The van der Waals surface area contributed by atoms with Gasteiger partial charge in [-0.15, -0.1) is 0 Å². The van der Waals surface area contributed by atoms with Gasteiger partial charge in [-0.3, -0.25) is 0 Å². The third-order valence-corrected chi connectivity index (χ3v) is 4.53. The summed E-state index contributed by atoms with van der Waals surface area (Å²) in [6, 6.07) is 15.6. The summed E-state index contributed by atoms with van der Waals surface area (Å²) in [5.41, 5.74) is 1.41. The second-order valence-electron chi connectivity index (χ2n) is 5.84. The number of likely N-dealkylation sites (N-methyl/N-ethyl adjacent to an activating group) is 1. The van der Waals surface area contributed by atoms with Crippen molar-refractivity contribution in [2.24, 2.45) is 5.92 Å². The van der Waals surface area contributed by atoms with Gasteiger partial charge in [0.15, 0.2) is 0 Å². The van der Waals surface area contributed by atoms with E-state index in [4.69, 9.17) is 4.74 Å². The highest BCUT2D eigenvalue weighted by Gasteiger charge is 2.31. The minimum atomic E-state index is 0.332. The molecule has 0 amide bonds. The van der Waals surface area contributed by atoms with Crippen LogP contribution in [0.4, 0.5) is 0 Å². The van der Waals surface area contributed by atoms with Crippen LogP contribution in [0.1, 0.15) is 18.9 Å². The summed E-state index contributed by atoms with van der Waals surface area (Å²) in [5, 5.41) is 6.14. The van der Waals surface area contributed by atoms with Gasteiger partial charge >= 0.3 is 0 Å². The van der Waals surface area contributed by atoms with Gasteiger partial charge in [-0.05, 0) is 42.1 Å². The van der Waals surface area contributed by atoms with Gasteiger partial charge in [-0.1, -0.05) is 49.4 Å². The van der Waals surface area contributed by atoms with E-state index in [9.17, 15) is 0 Å². The maximum Gasteiger partial charge on any atom is 0.0757 e. The molecule has 1 aliphatic rings. The monoisotopic (exact) mass is 269 g/mol. The minimum Gasteiger partial charge on any atom is -0.376 e. The molecule has 106 valence electrons. The van der Waals surface area contributed by atoms with Gasteiger partial charge in [0.1, 0.15) is 0 Å². The number of hydrogen-bond donors (Lipinski definition) is 1. The molecule has 2 heteroatoms. The van der Waals surface area contributed by atoms with E-state index in [0.717, 1.165) is 13.0 Å². The number of benzene rings is 2. The molecule has 2 aromatic carbocycles. The summed E-state index contributed by atoms with van der Waals surface area (Å²) >= 11 is 0. The zero-order valence-corrected chi connectivity index (χ0v) is 12.3. The molecule has 0 saturated carbocycles. The summed E-state index contributed by atoms with van der Waals surface area (Å²) in [7, 11) is 2.05. The van der Waals surface area contributed by atoms with E-state index in [1.165, 1.54) is 22.8 Å². The Bertz CT molecular complexity index is 575. The third-order valence-electron chi connectivity index (χ3n) is 4.53. The summed E-state index contributed by atoms with van der Waals surface area (Å²) < 4.78 is 5.94. The van der Waals surface area contributed by atoms with Crippen molar-refractivity contribution in [1.82, 2.24) is 5.32 Å². The maximum atomic E-state index is 5.94. The molecule has 0 aromatic heterocycles. The van der Waals surface area contributed by atoms with E-state index in [0.29, 0.717) is 18.1 Å². The molecule has 0 spiro atoms. The Hall–Kier alpha value is -1.38. The molecule has 1 heterocycles. The predicted octanol–water partition coefficient (Wildman–Crippen LogP) is 3.40. The first-order valence-electron chi connectivity index (χ1n) is 7.55. The van der Waals surface area contributed by atoms with Gasteiger partial charge in [-0.25, -0.2) is 0 Å². The third kappa shape index (κ3) is 2.58. The Morgan fingerprint density at radius 3 is 2.75 bits per heavy atom. The van der Waals surface area contributed by atoms with Crippen LogP contribution in [-0.4, -0.2) is 25.8 Å².